The van der Waals surface area contributed by atoms with E-state index in [2.05, 4.69) is 37.6 Å². The van der Waals surface area contributed by atoms with Crippen LogP contribution < -0.4 is 5.32 Å². The van der Waals surface area contributed by atoms with Crippen molar-refractivity contribution in [3.63, 3.8) is 0 Å². The molecule has 1 N–H and O–H groups in total. The highest BCUT2D eigenvalue weighted by molar-refractivity contribution is 5.60. The molecule has 2 saturated carbocycles. The summed E-state index contributed by atoms with van der Waals surface area (Å²) in [6.45, 7) is 6.77. The van der Waals surface area contributed by atoms with Gasteiger partial charge < -0.3 is 10.2 Å². The van der Waals surface area contributed by atoms with Crippen molar-refractivity contribution in [3.05, 3.63) is 29.7 Å². The summed E-state index contributed by atoms with van der Waals surface area (Å²) in [5, 5.41) is 17.0. The van der Waals surface area contributed by atoms with E-state index in [4.69, 9.17) is 0 Å². The van der Waals surface area contributed by atoms with Crippen molar-refractivity contribution < 1.29 is 0 Å². The number of nitrogens with zero attached hydrogens (tertiary/aromatic N) is 5. The highest BCUT2D eigenvalue weighted by Crippen LogP contribution is 2.46. The van der Waals surface area contributed by atoms with Gasteiger partial charge in [-0.1, -0.05) is 19.3 Å². The van der Waals surface area contributed by atoms with Crippen molar-refractivity contribution in [1.82, 2.24) is 30.2 Å². The van der Waals surface area contributed by atoms with Crippen molar-refractivity contribution in [2.45, 2.75) is 51.6 Å². The first-order chi connectivity index (χ1) is 13.7. The first kappa shape index (κ1) is 18.3. The van der Waals surface area contributed by atoms with Gasteiger partial charge in [-0.2, -0.15) is 15.3 Å². The molecule has 1 aliphatic heterocycles. The second-order valence-electron chi connectivity index (χ2n) is 9.17. The molecule has 6 nitrogen and oxygen atoms in total. The Balaban J connectivity index is 1.08. The quantitative estimate of drug-likeness (QED) is 0.835. The Morgan fingerprint density at radius 3 is 2.50 bits per heavy atom. The molecule has 2 aromatic heterocycles. The summed E-state index contributed by atoms with van der Waals surface area (Å²) in [5.41, 5.74) is 3.97. The predicted molar refractivity (Wildman–Crippen MR) is 110 cm³/mol. The molecule has 2 aliphatic carbocycles. The van der Waals surface area contributed by atoms with E-state index in [-0.39, 0.29) is 0 Å². The second-order valence-corrected chi connectivity index (χ2v) is 9.17. The highest BCUT2D eigenvalue weighted by Gasteiger charge is 2.55. The molecule has 0 bridgehead atoms. The Kier molecular flexibility index (Phi) is 4.93. The van der Waals surface area contributed by atoms with E-state index >= 15 is 0 Å². The van der Waals surface area contributed by atoms with Crippen LogP contribution in [-0.4, -0.2) is 50.6 Å². The van der Waals surface area contributed by atoms with Crippen molar-refractivity contribution in [1.29, 1.82) is 0 Å². The second kappa shape index (κ2) is 7.56. The standard InChI is InChI=1S/C22H32N6/c1-15-18(12-27(2)26-15)21-9-8-17(24-25-21)10-23-22-19-13-28(14-20(19)22)11-16-6-4-3-5-7-16/h8-9,12,16,19-20,22-23H,3-7,10-11,13-14H2,1-2H3/t19-,20+,22+. The molecule has 3 aliphatic rings. The number of aromatic nitrogens is 4. The van der Waals surface area contributed by atoms with Crippen LogP contribution in [0.3, 0.4) is 0 Å². The van der Waals surface area contributed by atoms with Crippen LogP contribution in [0.1, 0.15) is 43.5 Å². The van der Waals surface area contributed by atoms with Crippen LogP contribution >= 0.6 is 0 Å². The molecule has 1 saturated heterocycles. The molecule has 150 valence electrons. The van der Waals surface area contributed by atoms with Crippen molar-refractivity contribution in [3.8, 4) is 11.3 Å². The maximum atomic E-state index is 4.43. The predicted octanol–water partition coefficient (Wildman–Crippen LogP) is 2.79. The Bertz CT molecular complexity index is 795. The van der Waals surface area contributed by atoms with Crippen LogP contribution in [0.5, 0.6) is 0 Å². The van der Waals surface area contributed by atoms with E-state index in [1.807, 2.05) is 24.9 Å². The summed E-state index contributed by atoms with van der Waals surface area (Å²) >= 11 is 0. The molecular formula is C22H32N6. The Morgan fingerprint density at radius 1 is 1.07 bits per heavy atom. The summed E-state index contributed by atoms with van der Waals surface area (Å²) < 4.78 is 1.82. The van der Waals surface area contributed by atoms with E-state index in [0.29, 0.717) is 6.04 Å². The lowest BCUT2D eigenvalue weighted by Crippen LogP contribution is -2.34. The third kappa shape index (κ3) is 3.72. The molecule has 28 heavy (non-hydrogen) atoms. The monoisotopic (exact) mass is 380 g/mol. The lowest BCUT2D eigenvalue weighted by atomic mass is 9.89. The first-order valence-corrected chi connectivity index (χ1v) is 11.0. The van der Waals surface area contributed by atoms with Crippen LogP contribution in [0.2, 0.25) is 0 Å². The van der Waals surface area contributed by atoms with Crippen LogP contribution in [0.15, 0.2) is 18.3 Å². The van der Waals surface area contributed by atoms with Gasteiger partial charge in [0.25, 0.3) is 0 Å². The molecular weight excluding hydrogens is 348 g/mol. The molecule has 3 heterocycles. The van der Waals surface area contributed by atoms with Gasteiger partial charge in [-0.05, 0) is 49.7 Å². The normalized spacial score (nSPS) is 27.9. The minimum atomic E-state index is 0.685. The molecule has 6 heteroatoms. The fraction of sp³-hybridized carbons (Fsp3) is 0.682. The Labute approximate surface area is 167 Å². The van der Waals surface area contributed by atoms with E-state index < -0.39 is 0 Å². The number of piperidine rings is 1. The van der Waals surface area contributed by atoms with Gasteiger partial charge >= 0.3 is 0 Å². The largest absolute Gasteiger partial charge is 0.308 e. The molecule has 0 amide bonds. The minimum Gasteiger partial charge on any atom is -0.308 e. The van der Waals surface area contributed by atoms with Gasteiger partial charge in [0.15, 0.2) is 0 Å². The van der Waals surface area contributed by atoms with Gasteiger partial charge in [0.1, 0.15) is 0 Å². The van der Waals surface area contributed by atoms with E-state index in [0.717, 1.165) is 46.9 Å². The number of likely N-dealkylation sites (tertiary alicyclic amines) is 1. The van der Waals surface area contributed by atoms with Crippen molar-refractivity contribution in [2.24, 2.45) is 24.8 Å². The molecule has 0 unspecified atom stereocenters. The molecule has 2 aromatic rings. The SMILES string of the molecule is Cc1nn(C)cc1-c1ccc(CN[C@H]2[C@@H]3CN(CC4CCCCC4)C[C@@H]32)nn1. The minimum absolute atomic E-state index is 0.685. The fourth-order valence-corrected chi connectivity index (χ4v) is 5.47. The maximum Gasteiger partial charge on any atom is 0.0964 e. The highest BCUT2D eigenvalue weighted by atomic mass is 15.3. The number of rotatable bonds is 6. The number of hydrogen-bond donors (Lipinski definition) is 1. The molecule has 0 spiro atoms. The van der Waals surface area contributed by atoms with Crippen LogP contribution in [0.4, 0.5) is 0 Å². The number of aryl methyl sites for hydroxylation is 2. The van der Waals surface area contributed by atoms with Gasteiger partial charge in [0.2, 0.25) is 0 Å². The van der Waals surface area contributed by atoms with Crippen LogP contribution in [0, 0.1) is 24.7 Å². The zero-order valence-electron chi connectivity index (χ0n) is 17.1. The summed E-state index contributed by atoms with van der Waals surface area (Å²) in [7, 11) is 1.94. The third-order valence-electron chi connectivity index (χ3n) is 7.04. The average Bonchev–Trinajstić information content (AvgIpc) is 2.99. The zero-order chi connectivity index (χ0) is 19.1. The summed E-state index contributed by atoms with van der Waals surface area (Å²) in [5.74, 6) is 2.68. The Hall–Kier alpha value is -1.79. The van der Waals surface area contributed by atoms with Gasteiger partial charge in [-0.25, -0.2) is 0 Å². The summed E-state index contributed by atoms with van der Waals surface area (Å²) in [6, 6.07) is 4.84. The average molecular weight is 381 g/mol. The van der Waals surface area contributed by atoms with E-state index in [9.17, 15) is 0 Å². The molecule has 3 fully saturated rings. The molecule has 0 aromatic carbocycles. The molecule has 0 radical (unpaired) electrons. The molecule has 5 rings (SSSR count). The topological polar surface area (TPSA) is 58.9 Å². The third-order valence-corrected chi connectivity index (χ3v) is 7.04. The maximum absolute atomic E-state index is 4.43. The van der Waals surface area contributed by atoms with Crippen molar-refractivity contribution >= 4 is 0 Å². The van der Waals surface area contributed by atoms with Gasteiger partial charge in [0.05, 0.1) is 17.1 Å². The number of hydrogen-bond acceptors (Lipinski definition) is 5. The zero-order valence-corrected chi connectivity index (χ0v) is 17.1. The lowest BCUT2D eigenvalue weighted by Gasteiger charge is -2.28. The summed E-state index contributed by atoms with van der Waals surface area (Å²) in [4.78, 5) is 2.73. The summed E-state index contributed by atoms with van der Waals surface area (Å²) in [6.07, 6.45) is 9.29. The van der Waals surface area contributed by atoms with Gasteiger partial charge in [-0.15, -0.1) is 0 Å². The smallest absolute Gasteiger partial charge is 0.0964 e. The lowest BCUT2D eigenvalue weighted by molar-refractivity contribution is 0.211. The van der Waals surface area contributed by atoms with Crippen LogP contribution in [0.25, 0.3) is 11.3 Å². The first-order valence-electron chi connectivity index (χ1n) is 11.0. The van der Waals surface area contributed by atoms with Crippen molar-refractivity contribution in [2.75, 3.05) is 19.6 Å². The van der Waals surface area contributed by atoms with Crippen LogP contribution in [-0.2, 0) is 13.6 Å². The molecule has 3 atom stereocenters. The number of fused-ring (bicyclic) bond motifs is 1. The van der Waals surface area contributed by atoms with Gasteiger partial charge in [0, 0.05) is 51.0 Å². The van der Waals surface area contributed by atoms with Gasteiger partial charge in [-0.3, -0.25) is 4.68 Å². The van der Waals surface area contributed by atoms with E-state index in [1.165, 1.54) is 51.7 Å². The fourth-order valence-electron chi connectivity index (χ4n) is 5.47. The number of nitrogens with one attached hydrogen (secondary N) is 1. The Morgan fingerprint density at radius 2 is 1.86 bits per heavy atom. The van der Waals surface area contributed by atoms with E-state index in [1.54, 1.807) is 0 Å².